The Kier molecular flexibility index (Phi) is 11.8. The van der Waals surface area contributed by atoms with Crippen LogP contribution in [0.15, 0.2) is 42.9 Å². The van der Waals surface area contributed by atoms with E-state index >= 15 is 0 Å². The summed E-state index contributed by atoms with van der Waals surface area (Å²) in [5.41, 5.74) is 7.65. The molecule has 2 aromatic carbocycles. The number of nitrogens with zero attached hydrogens (tertiary/aromatic N) is 3. The van der Waals surface area contributed by atoms with E-state index in [0.717, 1.165) is 5.56 Å². The van der Waals surface area contributed by atoms with Crippen molar-refractivity contribution in [2.24, 2.45) is 0 Å². The third-order valence-corrected chi connectivity index (χ3v) is 9.13. The molecule has 5 atom stereocenters. The van der Waals surface area contributed by atoms with Crippen LogP contribution >= 0.6 is 23.5 Å². The van der Waals surface area contributed by atoms with Crippen LogP contribution < -0.4 is 5.73 Å². The Morgan fingerprint density at radius 3 is 2.40 bits per heavy atom. The number of aromatic nitrogens is 3. The number of aliphatic hydroxyl groups is 1. The molecular formula is C23H21FeN4O12P3-6. The van der Waals surface area contributed by atoms with Gasteiger partial charge in [-0.2, -0.15) is 32.6 Å². The van der Waals surface area contributed by atoms with Gasteiger partial charge in [0.1, 0.15) is 30.1 Å². The zero-order valence-electron chi connectivity index (χ0n) is 21.4. The molecule has 16 nitrogen and oxygen atoms in total. The van der Waals surface area contributed by atoms with Crippen molar-refractivity contribution >= 4 is 40.3 Å². The van der Waals surface area contributed by atoms with Crippen LogP contribution in [0.25, 0.3) is 11.0 Å². The van der Waals surface area contributed by atoms with Gasteiger partial charge in [0.25, 0.3) is 0 Å². The van der Waals surface area contributed by atoms with Gasteiger partial charge in [0.2, 0.25) is 0 Å². The van der Waals surface area contributed by atoms with Gasteiger partial charge in [-0.1, -0.05) is 5.56 Å². The molecule has 1 saturated heterocycles. The van der Waals surface area contributed by atoms with Crippen LogP contribution in [0.1, 0.15) is 23.8 Å². The van der Waals surface area contributed by atoms with Crippen molar-refractivity contribution in [2.75, 3.05) is 12.3 Å². The summed E-state index contributed by atoms with van der Waals surface area (Å²) in [6, 6.07) is 19.3. The van der Waals surface area contributed by atoms with Crippen LogP contribution in [0.4, 0.5) is 5.82 Å². The molecule has 0 radical (unpaired) electrons. The van der Waals surface area contributed by atoms with Crippen LogP contribution in [-0.4, -0.2) is 58.0 Å². The van der Waals surface area contributed by atoms with Crippen molar-refractivity contribution in [3.8, 4) is 11.8 Å². The van der Waals surface area contributed by atoms with Gasteiger partial charge in [0, 0.05) is 35.2 Å². The minimum Gasteiger partial charge on any atom is -0.999 e. The topological polar surface area (TPSA) is 246 Å². The predicted octanol–water partition coefficient (Wildman–Crippen LogP) is 1.73. The van der Waals surface area contributed by atoms with Gasteiger partial charge in [-0.15, -0.1) is 12.1 Å². The summed E-state index contributed by atoms with van der Waals surface area (Å²) in [5, 5.41) is 10.9. The summed E-state index contributed by atoms with van der Waals surface area (Å²) in [5.74, 6) is 6.16. The normalized spacial score (nSPS) is 21.0. The number of nitrogen functional groups attached to an aromatic ring is 1. The maximum atomic E-state index is 12.0. The molecular weight excluding hydrogens is 673 g/mol. The molecule has 1 fully saturated rings. The first-order chi connectivity index (χ1) is 19.7. The largest absolute Gasteiger partial charge is 0.999 e. The van der Waals surface area contributed by atoms with E-state index in [9.17, 15) is 28.6 Å². The first-order valence-electron chi connectivity index (χ1n) is 11.5. The van der Waals surface area contributed by atoms with Gasteiger partial charge < -0.3 is 70.0 Å². The molecule has 7 N–H and O–H groups in total. The van der Waals surface area contributed by atoms with E-state index < -0.39 is 48.5 Å². The molecule has 0 bridgehead atoms. The molecule has 0 amide bonds. The SMILES string of the molecule is Nc1ncnc2c1c(C#C[c-]1cccc1)cn2[C@H]1C[C@H](O)[C@@H](COP(=O)(O)OP(=O)(O)OP(=O)(O)O)O1.[Fe].[c-]1[c-][c-][cH-][c-]1. The summed E-state index contributed by atoms with van der Waals surface area (Å²) >= 11 is 0. The number of fused-ring (bicyclic) bond motifs is 1. The number of phosphoric acid groups is 3. The monoisotopic (exact) mass is 694 g/mol. The maximum absolute atomic E-state index is 12.0. The number of hydrogen-bond acceptors (Lipinski definition) is 11. The standard InChI is InChI=1S/C18H20N4O12P3.C5H.Fe/c19-17-16-12(6-5-11-3-1-2-4-11)8-22(18(16)21-10-20-17)15-7-13(23)14(32-15)9-31-36(27,28)34-37(29,30)33-35(24,25)26;1-2-4-5-3-1;/h1-4,8,10,13-15,23H,7,9H2,(H,27,28)(H,29,30)(H2,19,20,21)(H2,24,25,26);1H;/q-1;-5;/t13-,14+,15+;;/m0../s1. The fraction of sp³-hybridized carbons (Fsp3) is 0.217. The van der Waals surface area contributed by atoms with Crippen molar-refractivity contribution in [3.05, 3.63) is 78.2 Å². The van der Waals surface area contributed by atoms with Crippen LogP contribution in [-0.2, 0) is 48.6 Å². The third kappa shape index (κ3) is 10.0. The molecule has 1 aliphatic heterocycles. The second-order valence-electron chi connectivity index (χ2n) is 8.33. The molecule has 234 valence electrons. The smallest absolute Gasteiger partial charge is 0.490 e. The molecule has 2 unspecified atom stereocenters. The van der Waals surface area contributed by atoms with E-state index in [0.29, 0.717) is 16.6 Å². The van der Waals surface area contributed by atoms with Gasteiger partial charge in [-0.05, 0) is 0 Å². The van der Waals surface area contributed by atoms with Crippen molar-refractivity contribution in [1.82, 2.24) is 14.5 Å². The Morgan fingerprint density at radius 2 is 1.79 bits per heavy atom. The van der Waals surface area contributed by atoms with E-state index in [4.69, 9.17) is 20.3 Å². The van der Waals surface area contributed by atoms with Crippen LogP contribution in [0.3, 0.4) is 0 Å². The number of hydrogen-bond donors (Lipinski definition) is 6. The van der Waals surface area contributed by atoms with E-state index in [1.54, 1.807) is 16.8 Å². The quantitative estimate of drug-likeness (QED) is 0.0666. The fourth-order valence-electron chi connectivity index (χ4n) is 3.71. The average molecular weight is 694 g/mol. The number of rotatable bonds is 8. The van der Waals surface area contributed by atoms with Gasteiger partial charge in [0.05, 0.1) is 18.1 Å². The molecule has 0 saturated carbocycles. The number of phosphoric ester groups is 1. The second-order valence-corrected chi connectivity index (χ2v) is 12.8. The van der Waals surface area contributed by atoms with Gasteiger partial charge in [0.15, 0.2) is 0 Å². The fourth-order valence-corrected chi connectivity index (χ4v) is 6.74. The van der Waals surface area contributed by atoms with E-state index in [-0.39, 0.29) is 29.3 Å². The Bertz CT molecular complexity index is 1680. The third-order valence-electron chi connectivity index (χ3n) is 5.33. The minimum atomic E-state index is -5.67. The van der Waals surface area contributed by atoms with Crippen LogP contribution in [0.2, 0.25) is 0 Å². The summed E-state index contributed by atoms with van der Waals surface area (Å²) < 4.78 is 53.3. The minimum absolute atomic E-state index is 0. The predicted molar refractivity (Wildman–Crippen MR) is 142 cm³/mol. The molecule has 3 heterocycles. The Hall–Kier alpha value is -2.47. The van der Waals surface area contributed by atoms with E-state index in [1.807, 2.05) is 24.3 Å². The number of ether oxygens (including phenoxy) is 1. The van der Waals surface area contributed by atoms with Gasteiger partial charge in [-0.25, -0.2) is 23.7 Å². The first-order valence-corrected chi connectivity index (χ1v) is 16.0. The molecule has 5 rings (SSSR count). The van der Waals surface area contributed by atoms with Crippen LogP contribution in [0, 0.1) is 36.1 Å². The average Bonchev–Trinajstić information content (AvgIpc) is 3.68. The molecule has 43 heavy (non-hydrogen) atoms. The van der Waals surface area contributed by atoms with E-state index in [1.165, 1.54) is 6.33 Å². The summed E-state index contributed by atoms with van der Waals surface area (Å²) in [6.07, 6.45) is -0.475. The van der Waals surface area contributed by atoms with Crippen molar-refractivity contribution in [2.45, 2.75) is 24.9 Å². The van der Waals surface area contributed by atoms with Gasteiger partial charge in [-0.3, -0.25) is 4.52 Å². The second kappa shape index (κ2) is 14.5. The molecule has 0 aliphatic carbocycles. The number of aliphatic hydroxyl groups excluding tert-OH is 1. The summed E-state index contributed by atoms with van der Waals surface area (Å²) in [4.78, 5) is 44.3. The molecule has 20 heteroatoms. The maximum Gasteiger partial charge on any atom is 0.490 e. The summed E-state index contributed by atoms with van der Waals surface area (Å²) in [6.45, 7) is -0.804. The van der Waals surface area contributed by atoms with Crippen molar-refractivity contribution in [3.63, 3.8) is 0 Å². The van der Waals surface area contributed by atoms with Crippen molar-refractivity contribution in [1.29, 1.82) is 0 Å². The Labute approximate surface area is 255 Å². The molecule has 4 aromatic rings. The Morgan fingerprint density at radius 1 is 1.12 bits per heavy atom. The summed E-state index contributed by atoms with van der Waals surface area (Å²) in [7, 11) is -16.6. The van der Waals surface area contributed by atoms with Crippen molar-refractivity contribution < 1.29 is 73.3 Å². The van der Waals surface area contributed by atoms with Gasteiger partial charge >= 0.3 is 23.5 Å². The zero-order chi connectivity index (χ0) is 30.5. The number of nitrogens with two attached hydrogens (primary N) is 1. The molecule has 2 aromatic heterocycles. The van der Waals surface area contributed by atoms with Crippen LogP contribution in [0.5, 0.6) is 0 Å². The first kappa shape index (κ1) is 35.0. The van der Waals surface area contributed by atoms with E-state index in [2.05, 4.69) is 59.2 Å². The molecule has 0 spiro atoms. The molecule has 1 aliphatic rings. The Balaban J connectivity index is 0.000000765. The zero-order valence-corrected chi connectivity index (χ0v) is 25.2. The number of anilines is 1.